The minimum Gasteiger partial charge on any atom is -0.487 e. The van der Waals surface area contributed by atoms with Crippen LogP contribution in [0.25, 0.3) is 0 Å². The molecule has 1 atom stereocenters. The minimum atomic E-state index is -1.09. The van der Waals surface area contributed by atoms with E-state index in [0.29, 0.717) is 6.42 Å². The van der Waals surface area contributed by atoms with E-state index in [0.717, 1.165) is 12.1 Å². The summed E-state index contributed by atoms with van der Waals surface area (Å²) in [6.07, 6.45) is 0.659. The molecule has 0 spiro atoms. The van der Waals surface area contributed by atoms with Crippen LogP contribution < -0.4 is 10.1 Å². The number of nitrogens with one attached hydrogen (secondary N) is 1. The van der Waals surface area contributed by atoms with Gasteiger partial charge >= 0.3 is 11.7 Å². The summed E-state index contributed by atoms with van der Waals surface area (Å²) in [5.74, 6) is -1.75. The third-order valence-corrected chi connectivity index (χ3v) is 3.22. The van der Waals surface area contributed by atoms with Gasteiger partial charge in [0.05, 0.1) is 17.6 Å². The zero-order chi connectivity index (χ0) is 16.0. The zero-order valence-corrected chi connectivity index (χ0v) is 11.8. The molecular weight excluding hydrogens is 283 g/mol. The standard InChI is InChI=1S/C13H17FN2O5/c1-13(15-2,12(17)18)6-3-7-21-11-5-4-9(14)8-10(11)16(19)20/h4-5,8,15H,3,6-7H2,1-2H3,(H,17,18). The van der Waals surface area contributed by atoms with E-state index in [2.05, 4.69) is 5.32 Å². The van der Waals surface area contributed by atoms with Crippen molar-refractivity contribution in [2.75, 3.05) is 13.7 Å². The Morgan fingerprint density at radius 2 is 2.24 bits per heavy atom. The van der Waals surface area contributed by atoms with Gasteiger partial charge in [0.25, 0.3) is 0 Å². The lowest BCUT2D eigenvalue weighted by Gasteiger charge is -2.23. The molecule has 1 aromatic rings. The molecule has 21 heavy (non-hydrogen) atoms. The van der Waals surface area contributed by atoms with E-state index in [4.69, 9.17) is 9.84 Å². The molecule has 1 aromatic carbocycles. The van der Waals surface area contributed by atoms with Gasteiger partial charge in [0, 0.05) is 0 Å². The molecule has 1 rings (SSSR count). The third kappa shape index (κ3) is 4.38. The van der Waals surface area contributed by atoms with E-state index in [9.17, 15) is 19.3 Å². The number of nitro benzene ring substituents is 1. The van der Waals surface area contributed by atoms with Crippen molar-refractivity contribution < 1.29 is 24.0 Å². The lowest BCUT2D eigenvalue weighted by Crippen LogP contribution is -2.47. The summed E-state index contributed by atoms with van der Waals surface area (Å²) < 4.78 is 18.2. The van der Waals surface area contributed by atoms with Crippen molar-refractivity contribution in [2.45, 2.75) is 25.3 Å². The maximum absolute atomic E-state index is 13.0. The predicted molar refractivity (Wildman–Crippen MR) is 72.9 cm³/mol. The number of ether oxygens (including phenoxy) is 1. The number of likely N-dealkylation sites (N-methyl/N-ethyl adjacent to an activating group) is 1. The molecule has 0 radical (unpaired) electrons. The molecule has 0 aliphatic carbocycles. The smallest absolute Gasteiger partial charge is 0.323 e. The fourth-order valence-corrected chi connectivity index (χ4v) is 1.70. The van der Waals surface area contributed by atoms with E-state index in [1.807, 2.05) is 0 Å². The van der Waals surface area contributed by atoms with Gasteiger partial charge < -0.3 is 15.2 Å². The lowest BCUT2D eigenvalue weighted by molar-refractivity contribution is -0.386. The van der Waals surface area contributed by atoms with E-state index in [1.54, 1.807) is 7.05 Å². The molecule has 0 bridgehead atoms. The SMILES string of the molecule is CNC(C)(CCCOc1ccc(F)cc1[N+](=O)[O-])C(=O)O. The largest absolute Gasteiger partial charge is 0.487 e. The summed E-state index contributed by atoms with van der Waals surface area (Å²) in [6.45, 7) is 1.63. The number of halogens is 1. The molecule has 0 amide bonds. The summed E-state index contributed by atoms with van der Waals surface area (Å²) in [7, 11) is 1.54. The van der Waals surface area contributed by atoms with Crippen LogP contribution in [0.4, 0.5) is 10.1 Å². The first kappa shape index (κ1) is 16.8. The summed E-state index contributed by atoms with van der Waals surface area (Å²) in [5, 5.41) is 22.5. The van der Waals surface area contributed by atoms with Gasteiger partial charge in [0.15, 0.2) is 5.75 Å². The summed E-state index contributed by atoms with van der Waals surface area (Å²) in [5.41, 5.74) is -1.54. The minimum absolute atomic E-state index is 0.0390. The third-order valence-electron chi connectivity index (χ3n) is 3.22. The fraction of sp³-hybridized carbons (Fsp3) is 0.462. The highest BCUT2D eigenvalue weighted by molar-refractivity contribution is 5.78. The summed E-state index contributed by atoms with van der Waals surface area (Å²) in [6, 6.07) is 3.03. The number of hydrogen-bond donors (Lipinski definition) is 2. The van der Waals surface area contributed by atoms with Gasteiger partial charge in [0.2, 0.25) is 0 Å². The first-order valence-electron chi connectivity index (χ1n) is 6.29. The molecule has 2 N–H and O–H groups in total. The van der Waals surface area contributed by atoms with Gasteiger partial charge in [-0.25, -0.2) is 4.39 Å². The van der Waals surface area contributed by atoms with Crippen LogP contribution in [0.1, 0.15) is 19.8 Å². The number of carbonyl (C=O) groups is 1. The Morgan fingerprint density at radius 3 is 2.76 bits per heavy atom. The Bertz CT molecular complexity index is 537. The topological polar surface area (TPSA) is 102 Å². The molecule has 0 saturated carbocycles. The maximum atomic E-state index is 13.0. The number of benzene rings is 1. The van der Waals surface area contributed by atoms with Crippen LogP contribution in [0.2, 0.25) is 0 Å². The van der Waals surface area contributed by atoms with E-state index < -0.39 is 27.9 Å². The molecule has 7 nitrogen and oxygen atoms in total. The molecule has 8 heteroatoms. The summed E-state index contributed by atoms with van der Waals surface area (Å²) >= 11 is 0. The van der Waals surface area contributed by atoms with Crippen molar-refractivity contribution >= 4 is 11.7 Å². The maximum Gasteiger partial charge on any atom is 0.323 e. The van der Waals surface area contributed by atoms with Crippen LogP contribution in [-0.4, -0.2) is 35.2 Å². The number of hydrogen-bond acceptors (Lipinski definition) is 5. The molecule has 0 heterocycles. The lowest BCUT2D eigenvalue weighted by atomic mass is 9.96. The number of carboxylic acids is 1. The highest BCUT2D eigenvalue weighted by Gasteiger charge is 2.30. The van der Waals surface area contributed by atoms with Crippen LogP contribution >= 0.6 is 0 Å². The summed E-state index contributed by atoms with van der Waals surface area (Å²) in [4.78, 5) is 21.1. The van der Waals surface area contributed by atoms with Gasteiger partial charge in [-0.15, -0.1) is 0 Å². The van der Waals surface area contributed by atoms with E-state index in [-0.39, 0.29) is 18.8 Å². The second-order valence-corrected chi connectivity index (χ2v) is 4.71. The van der Waals surface area contributed by atoms with Crippen LogP contribution in [0.15, 0.2) is 18.2 Å². The second kappa shape index (κ2) is 6.98. The number of nitrogens with zero attached hydrogens (tertiary/aromatic N) is 1. The Morgan fingerprint density at radius 1 is 1.57 bits per heavy atom. The highest BCUT2D eigenvalue weighted by atomic mass is 19.1. The first-order valence-corrected chi connectivity index (χ1v) is 6.29. The molecule has 116 valence electrons. The second-order valence-electron chi connectivity index (χ2n) is 4.71. The normalized spacial score (nSPS) is 13.5. The average Bonchev–Trinajstić information content (AvgIpc) is 2.44. The Kier molecular flexibility index (Phi) is 5.60. The fourth-order valence-electron chi connectivity index (χ4n) is 1.70. The van der Waals surface area contributed by atoms with Crippen molar-refractivity contribution in [3.05, 3.63) is 34.1 Å². The van der Waals surface area contributed by atoms with Gasteiger partial charge in [-0.05, 0) is 38.9 Å². The quantitative estimate of drug-likeness (QED) is 0.432. The molecular formula is C13H17FN2O5. The number of nitro groups is 1. The zero-order valence-electron chi connectivity index (χ0n) is 11.8. The van der Waals surface area contributed by atoms with Crippen molar-refractivity contribution in [3.63, 3.8) is 0 Å². The van der Waals surface area contributed by atoms with Gasteiger partial charge in [-0.2, -0.15) is 0 Å². The molecule has 0 aromatic heterocycles. The van der Waals surface area contributed by atoms with E-state index >= 15 is 0 Å². The number of rotatable bonds is 8. The molecule has 0 aliphatic heterocycles. The van der Waals surface area contributed by atoms with Crippen LogP contribution in [-0.2, 0) is 4.79 Å². The van der Waals surface area contributed by atoms with Crippen molar-refractivity contribution in [1.82, 2.24) is 5.32 Å². The first-order chi connectivity index (χ1) is 9.80. The average molecular weight is 300 g/mol. The number of carboxylic acid groups (broad SMARTS) is 1. The molecule has 0 aliphatic rings. The van der Waals surface area contributed by atoms with Gasteiger partial charge in [0.1, 0.15) is 11.4 Å². The highest BCUT2D eigenvalue weighted by Crippen LogP contribution is 2.27. The van der Waals surface area contributed by atoms with E-state index in [1.165, 1.54) is 13.0 Å². The molecule has 0 fully saturated rings. The van der Waals surface area contributed by atoms with Crippen LogP contribution in [0.3, 0.4) is 0 Å². The Labute approximate surface area is 120 Å². The monoisotopic (exact) mass is 300 g/mol. The van der Waals surface area contributed by atoms with Crippen molar-refractivity contribution in [3.8, 4) is 5.75 Å². The van der Waals surface area contributed by atoms with Gasteiger partial charge in [-0.3, -0.25) is 14.9 Å². The predicted octanol–water partition coefficient (Wildman–Crippen LogP) is 1.96. The molecule has 1 unspecified atom stereocenters. The Balaban J connectivity index is 2.61. The van der Waals surface area contributed by atoms with Crippen LogP contribution in [0.5, 0.6) is 5.75 Å². The van der Waals surface area contributed by atoms with Crippen molar-refractivity contribution in [2.24, 2.45) is 0 Å². The van der Waals surface area contributed by atoms with Crippen LogP contribution in [0, 0.1) is 15.9 Å². The number of aliphatic carboxylic acids is 1. The van der Waals surface area contributed by atoms with Crippen molar-refractivity contribution in [1.29, 1.82) is 0 Å². The molecule has 0 saturated heterocycles. The Hall–Kier alpha value is -2.22. The van der Waals surface area contributed by atoms with Gasteiger partial charge in [-0.1, -0.05) is 0 Å².